The monoisotopic (exact) mass is 750 g/mol. The van der Waals surface area contributed by atoms with E-state index in [9.17, 15) is 19.5 Å². The van der Waals surface area contributed by atoms with Crippen LogP contribution >= 0.6 is 0 Å². The first-order chi connectivity index (χ1) is 26.9. The van der Waals surface area contributed by atoms with Crippen molar-refractivity contribution in [2.75, 3.05) is 17.2 Å². The van der Waals surface area contributed by atoms with Crippen LogP contribution in [-0.2, 0) is 22.5 Å². The molecule has 0 radical (unpaired) electrons. The van der Waals surface area contributed by atoms with E-state index in [4.69, 9.17) is 9.84 Å². The number of nitrogens with one attached hydrogen (secondary N) is 3. The number of aromatic hydroxyl groups is 1. The number of alkyl carbamates (subject to hydrolysis) is 1. The summed E-state index contributed by atoms with van der Waals surface area (Å²) in [5.74, 6) is -2.20. The van der Waals surface area contributed by atoms with E-state index in [2.05, 4.69) is 16.0 Å². The number of hydrogen-bond acceptors (Lipinski definition) is 7. The number of phenolic OH excluding ortho intramolecular Hbond substituents is 1. The Balaban J connectivity index is 1.29. The molecule has 0 saturated carbocycles. The molecule has 0 saturated heterocycles. The molecule has 5 aromatic carbocycles. The van der Waals surface area contributed by atoms with Crippen molar-refractivity contribution < 1.29 is 29.0 Å². The lowest BCUT2D eigenvalue weighted by Gasteiger charge is -2.41. The van der Waals surface area contributed by atoms with Crippen LogP contribution in [0.5, 0.6) is 5.75 Å². The molecule has 4 amide bonds. The van der Waals surface area contributed by atoms with Gasteiger partial charge in [0.2, 0.25) is 5.91 Å². The largest absolute Gasteiger partial charge is 0.508 e. The van der Waals surface area contributed by atoms with Crippen molar-refractivity contribution in [3.8, 4) is 11.4 Å². The third kappa shape index (κ3) is 8.24. The molecule has 1 aliphatic heterocycles. The minimum absolute atomic E-state index is 0.0464. The molecule has 0 fully saturated rings. The van der Waals surface area contributed by atoms with Crippen molar-refractivity contribution in [1.82, 2.24) is 20.0 Å². The lowest BCUT2D eigenvalue weighted by molar-refractivity contribution is -0.121. The predicted octanol–water partition coefficient (Wildman–Crippen LogP) is 7.33. The molecule has 12 nitrogen and oxygen atoms in total. The lowest BCUT2D eigenvalue weighted by atomic mass is 9.85. The van der Waals surface area contributed by atoms with Gasteiger partial charge in [-0.3, -0.25) is 14.4 Å². The van der Waals surface area contributed by atoms with Crippen molar-refractivity contribution in [1.29, 1.82) is 0 Å². The first-order valence-electron chi connectivity index (χ1n) is 18.3. The Labute approximate surface area is 324 Å². The SMILES string of the molecule is CC(C)(C)OC(=O)NCC(C(=O)Nc1ccccc1)[C@@H]1Cc2ccccc2CN1C(=O)c1ccccc1-n1nc(C(=O)Nc2ccccc2)c2ccc(O)cc21. The summed E-state index contributed by atoms with van der Waals surface area (Å²) in [6, 6.07) is 36.5. The molecule has 2 heterocycles. The van der Waals surface area contributed by atoms with Gasteiger partial charge < -0.3 is 30.7 Å². The van der Waals surface area contributed by atoms with Crippen LogP contribution in [0.25, 0.3) is 16.6 Å². The molecule has 0 bridgehead atoms. The number of carbonyl (C=O) groups is 4. The molecule has 6 aromatic rings. The number of nitrogens with zero attached hydrogens (tertiary/aromatic N) is 3. The fourth-order valence-corrected chi connectivity index (χ4v) is 6.96. The molecule has 4 N–H and O–H groups in total. The minimum atomic E-state index is -0.914. The Morgan fingerprint density at radius 1 is 0.804 bits per heavy atom. The third-order valence-corrected chi connectivity index (χ3v) is 9.53. The number of benzene rings is 5. The third-order valence-electron chi connectivity index (χ3n) is 9.53. The van der Waals surface area contributed by atoms with Crippen LogP contribution in [-0.4, -0.2) is 61.8 Å². The maximum absolute atomic E-state index is 15.1. The van der Waals surface area contributed by atoms with E-state index in [1.54, 1.807) is 80.3 Å². The summed E-state index contributed by atoms with van der Waals surface area (Å²) < 4.78 is 7.00. The van der Waals surface area contributed by atoms with Gasteiger partial charge in [0.1, 0.15) is 11.4 Å². The molecule has 56 heavy (non-hydrogen) atoms. The van der Waals surface area contributed by atoms with Crippen molar-refractivity contribution in [3.63, 3.8) is 0 Å². The van der Waals surface area contributed by atoms with Crippen molar-refractivity contribution in [2.45, 2.75) is 45.4 Å². The van der Waals surface area contributed by atoms with E-state index in [-0.39, 0.29) is 36.0 Å². The molecule has 12 heteroatoms. The van der Waals surface area contributed by atoms with Gasteiger partial charge in [-0.15, -0.1) is 0 Å². The number of phenols is 1. The van der Waals surface area contributed by atoms with Crippen LogP contribution in [0.2, 0.25) is 0 Å². The molecule has 2 atom stereocenters. The van der Waals surface area contributed by atoms with Crippen molar-refractivity contribution >= 4 is 46.1 Å². The van der Waals surface area contributed by atoms with Crippen LogP contribution in [0.3, 0.4) is 0 Å². The van der Waals surface area contributed by atoms with E-state index < -0.39 is 35.5 Å². The minimum Gasteiger partial charge on any atom is -0.508 e. The molecular weight excluding hydrogens is 709 g/mol. The van der Waals surface area contributed by atoms with Gasteiger partial charge in [0.05, 0.1) is 22.7 Å². The molecule has 1 unspecified atom stereocenters. The molecule has 1 aliphatic rings. The Kier molecular flexibility index (Phi) is 10.5. The summed E-state index contributed by atoms with van der Waals surface area (Å²) in [4.78, 5) is 57.6. The second kappa shape index (κ2) is 15.8. The number of para-hydroxylation sites is 3. The van der Waals surface area contributed by atoms with E-state index in [0.717, 1.165) is 11.1 Å². The molecular formula is C44H42N6O6. The average molecular weight is 751 g/mol. The Bertz CT molecular complexity index is 2410. The summed E-state index contributed by atoms with van der Waals surface area (Å²) in [6.07, 6.45) is -0.356. The smallest absolute Gasteiger partial charge is 0.407 e. The van der Waals surface area contributed by atoms with E-state index in [1.807, 2.05) is 60.7 Å². The molecule has 7 rings (SSSR count). The summed E-state index contributed by atoms with van der Waals surface area (Å²) in [6.45, 7) is 5.33. The number of rotatable bonds is 9. The number of ether oxygens (including phenoxy) is 1. The second-order valence-corrected chi connectivity index (χ2v) is 14.6. The highest BCUT2D eigenvalue weighted by Crippen LogP contribution is 2.33. The number of fused-ring (bicyclic) bond motifs is 2. The van der Waals surface area contributed by atoms with Gasteiger partial charge in [0, 0.05) is 42.0 Å². The Morgan fingerprint density at radius 2 is 1.43 bits per heavy atom. The Hall–Kier alpha value is -6.95. The van der Waals surface area contributed by atoms with Gasteiger partial charge in [0.15, 0.2) is 5.69 Å². The first kappa shape index (κ1) is 37.4. The zero-order valence-corrected chi connectivity index (χ0v) is 31.2. The van der Waals surface area contributed by atoms with Crippen molar-refractivity contribution in [3.05, 3.63) is 150 Å². The van der Waals surface area contributed by atoms with Crippen LogP contribution in [0.15, 0.2) is 127 Å². The van der Waals surface area contributed by atoms with Gasteiger partial charge >= 0.3 is 6.09 Å². The first-order valence-corrected chi connectivity index (χ1v) is 18.3. The van der Waals surface area contributed by atoms with E-state index in [0.29, 0.717) is 34.4 Å². The van der Waals surface area contributed by atoms with Crippen molar-refractivity contribution in [2.24, 2.45) is 5.92 Å². The maximum atomic E-state index is 15.1. The fourth-order valence-electron chi connectivity index (χ4n) is 6.96. The maximum Gasteiger partial charge on any atom is 0.407 e. The summed E-state index contributed by atoms with van der Waals surface area (Å²) in [7, 11) is 0. The lowest BCUT2D eigenvalue weighted by Crippen LogP contribution is -2.54. The van der Waals surface area contributed by atoms with Gasteiger partial charge in [-0.05, 0) is 86.8 Å². The second-order valence-electron chi connectivity index (χ2n) is 14.6. The summed E-state index contributed by atoms with van der Waals surface area (Å²) >= 11 is 0. The van der Waals surface area contributed by atoms with Crippen LogP contribution in [0.1, 0.15) is 52.7 Å². The van der Waals surface area contributed by atoms with Crippen LogP contribution in [0.4, 0.5) is 16.2 Å². The number of amides is 4. The van der Waals surface area contributed by atoms with Gasteiger partial charge in [-0.2, -0.15) is 5.10 Å². The normalized spacial score (nSPS) is 14.3. The fraction of sp³-hybridized carbons (Fsp3) is 0.205. The Morgan fingerprint density at radius 3 is 2.12 bits per heavy atom. The molecule has 0 aliphatic carbocycles. The van der Waals surface area contributed by atoms with Gasteiger partial charge in [-0.25, -0.2) is 9.48 Å². The number of aromatic nitrogens is 2. The topological polar surface area (TPSA) is 155 Å². The van der Waals surface area contributed by atoms with Crippen LogP contribution < -0.4 is 16.0 Å². The number of anilines is 2. The highest BCUT2D eigenvalue weighted by atomic mass is 16.6. The highest BCUT2D eigenvalue weighted by molar-refractivity contribution is 6.12. The zero-order valence-electron chi connectivity index (χ0n) is 31.2. The van der Waals surface area contributed by atoms with E-state index in [1.165, 1.54) is 16.8 Å². The predicted molar refractivity (Wildman–Crippen MR) is 214 cm³/mol. The van der Waals surface area contributed by atoms with E-state index >= 15 is 4.79 Å². The quantitative estimate of drug-likeness (QED) is 0.121. The summed E-state index contributed by atoms with van der Waals surface area (Å²) in [5, 5.41) is 24.4. The van der Waals surface area contributed by atoms with Gasteiger partial charge in [0.25, 0.3) is 11.8 Å². The molecule has 1 aromatic heterocycles. The molecule has 284 valence electrons. The van der Waals surface area contributed by atoms with Gasteiger partial charge in [-0.1, -0.05) is 72.8 Å². The number of carbonyl (C=O) groups excluding carboxylic acids is 4. The number of hydrogen-bond donors (Lipinski definition) is 4. The molecule has 0 spiro atoms. The van der Waals surface area contributed by atoms with Crippen LogP contribution in [0, 0.1) is 5.92 Å². The standard InChI is InChI=1S/C44H42N6O6/c1-44(2,3)56-43(55)45-26-35(40(52)46-30-16-6-4-7-17-30)37-24-28-14-10-11-15-29(28)27-49(37)42(54)34-20-12-13-21-36(34)50-38-25-32(51)22-23-33(38)39(48-50)41(53)47-31-18-8-5-9-19-31/h4-23,25,35,37,51H,24,26-27H2,1-3H3,(H,45,55)(H,46,52)(H,47,53)/t35?,37-/m0/s1. The zero-order chi connectivity index (χ0) is 39.4. The average Bonchev–Trinajstić information content (AvgIpc) is 3.56. The highest BCUT2D eigenvalue weighted by Gasteiger charge is 2.40. The summed E-state index contributed by atoms with van der Waals surface area (Å²) in [5.41, 5.74) is 3.41.